The van der Waals surface area contributed by atoms with Gasteiger partial charge in [0, 0.05) is 18.9 Å². The molecule has 0 bridgehead atoms. The van der Waals surface area contributed by atoms with Crippen LogP contribution in [0, 0.1) is 0 Å². The molecule has 0 radical (unpaired) electrons. The third-order valence-corrected chi connectivity index (χ3v) is 1.91. The molecule has 0 aliphatic rings. The van der Waals surface area contributed by atoms with Crippen molar-refractivity contribution >= 4 is 5.78 Å². The van der Waals surface area contributed by atoms with Crippen molar-refractivity contribution in [2.24, 2.45) is 0 Å². The van der Waals surface area contributed by atoms with Crippen LogP contribution in [0.15, 0.2) is 24.9 Å². The molecule has 0 spiro atoms. The van der Waals surface area contributed by atoms with Crippen molar-refractivity contribution in [1.29, 1.82) is 0 Å². The van der Waals surface area contributed by atoms with Gasteiger partial charge in [0.1, 0.15) is 12.0 Å². The Balaban J connectivity index is 2.37. The van der Waals surface area contributed by atoms with Gasteiger partial charge in [0.25, 0.3) is 0 Å². The van der Waals surface area contributed by atoms with E-state index in [0.717, 1.165) is 0 Å². The first-order chi connectivity index (χ1) is 7.33. The molecule has 0 unspecified atom stereocenters. The normalized spacial score (nSPS) is 10.2. The van der Waals surface area contributed by atoms with Gasteiger partial charge in [-0.15, -0.1) is 0 Å². The van der Waals surface area contributed by atoms with Gasteiger partial charge in [-0.3, -0.25) is 9.78 Å². The smallest absolute Gasteiger partial charge is 0.249 e. The quantitative estimate of drug-likeness (QED) is 0.671. The van der Waals surface area contributed by atoms with Crippen LogP contribution in [0.1, 0.15) is 23.2 Å². The van der Waals surface area contributed by atoms with Gasteiger partial charge in [0.15, 0.2) is 0 Å². The van der Waals surface area contributed by atoms with Crippen molar-refractivity contribution < 1.29 is 4.79 Å². The van der Waals surface area contributed by atoms with Gasteiger partial charge in [-0.05, 0) is 6.92 Å². The molecular weight excluding hydrogens is 194 g/mol. The maximum Gasteiger partial charge on any atom is 0.249 e. The van der Waals surface area contributed by atoms with Crippen LogP contribution in [0.5, 0.6) is 0 Å². The third kappa shape index (κ3) is 1.74. The molecule has 2 rings (SSSR count). The van der Waals surface area contributed by atoms with Gasteiger partial charge in [-0.25, -0.2) is 14.6 Å². The number of carbonyl (C=O) groups excluding carboxylic acids is 1. The van der Waals surface area contributed by atoms with Crippen LogP contribution in [-0.2, 0) is 6.54 Å². The molecule has 0 aliphatic heterocycles. The van der Waals surface area contributed by atoms with E-state index in [1.165, 1.54) is 29.6 Å². The number of nitrogens with zero attached hydrogens (tertiary/aromatic N) is 5. The van der Waals surface area contributed by atoms with Gasteiger partial charge in [0.2, 0.25) is 11.6 Å². The zero-order valence-electron chi connectivity index (χ0n) is 8.16. The average molecular weight is 203 g/mol. The Labute approximate surface area is 86.0 Å². The average Bonchev–Trinajstić information content (AvgIpc) is 2.77. The highest BCUT2D eigenvalue weighted by molar-refractivity contribution is 6.04. The maximum atomic E-state index is 11.9. The van der Waals surface area contributed by atoms with E-state index < -0.39 is 0 Å². The summed E-state index contributed by atoms with van der Waals surface area (Å²) in [7, 11) is 0. The van der Waals surface area contributed by atoms with Crippen molar-refractivity contribution in [3.05, 3.63) is 36.4 Å². The van der Waals surface area contributed by atoms with E-state index in [1.54, 1.807) is 0 Å². The Morgan fingerprint density at radius 3 is 2.93 bits per heavy atom. The molecule has 0 saturated carbocycles. The lowest BCUT2D eigenvalue weighted by Gasteiger charge is -2.00. The van der Waals surface area contributed by atoms with Crippen LogP contribution in [0.3, 0.4) is 0 Å². The third-order valence-electron chi connectivity index (χ3n) is 1.91. The standard InChI is InChI=1S/C9H9N5O/c1-2-14-9(12-6-13-14)8(15)7-5-10-3-4-11-7/h3-6H,2H2,1H3. The molecule has 2 aromatic rings. The van der Waals surface area contributed by atoms with Gasteiger partial charge >= 0.3 is 0 Å². The van der Waals surface area contributed by atoms with E-state index in [-0.39, 0.29) is 17.3 Å². The van der Waals surface area contributed by atoms with E-state index in [9.17, 15) is 4.79 Å². The van der Waals surface area contributed by atoms with Crippen molar-refractivity contribution in [3.63, 3.8) is 0 Å². The molecule has 0 amide bonds. The van der Waals surface area contributed by atoms with Gasteiger partial charge < -0.3 is 0 Å². The van der Waals surface area contributed by atoms with Crippen LogP contribution < -0.4 is 0 Å². The summed E-state index contributed by atoms with van der Waals surface area (Å²) < 4.78 is 1.52. The first-order valence-electron chi connectivity index (χ1n) is 4.51. The molecule has 0 fully saturated rings. The first-order valence-corrected chi connectivity index (χ1v) is 4.51. The lowest BCUT2D eigenvalue weighted by atomic mass is 10.3. The number of rotatable bonds is 3. The summed E-state index contributed by atoms with van der Waals surface area (Å²) in [5.74, 6) is 0.0282. The number of ketones is 1. The Morgan fingerprint density at radius 2 is 2.27 bits per heavy atom. The Bertz CT molecular complexity index is 464. The molecule has 0 aromatic carbocycles. The first kappa shape index (κ1) is 9.45. The Kier molecular flexibility index (Phi) is 2.49. The summed E-state index contributed by atoms with van der Waals surface area (Å²) in [5, 5.41) is 3.92. The molecule has 6 heteroatoms. The highest BCUT2D eigenvalue weighted by Crippen LogP contribution is 2.02. The number of hydrogen-bond acceptors (Lipinski definition) is 5. The summed E-state index contributed by atoms with van der Waals surface area (Å²) in [6, 6.07) is 0. The minimum absolute atomic E-state index is 0.262. The fraction of sp³-hybridized carbons (Fsp3) is 0.222. The fourth-order valence-corrected chi connectivity index (χ4v) is 1.20. The van der Waals surface area contributed by atoms with Gasteiger partial charge in [-0.2, -0.15) is 5.10 Å². The number of aryl methyl sites for hydroxylation is 1. The van der Waals surface area contributed by atoms with Crippen LogP contribution >= 0.6 is 0 Å². The molecule has 0 aliphatic carbocycles. The van der Waals surface area contributed by atoms with E-state index in [4.69, 9.17) is 0 Å². The van der Waals surface area contributed by atoms with E-state index in [1.807, 2.05) is 6.92 Å². The molecule has 2 heterocycles. The van der Waals surface area contributed by atoms with E-state index >= 15 is 0 Å². The summed E-state index contributed by atoms with van der Waals surface area (Å²) in [5.41, 5.74) is 0.278. The molecule has 0 saturated heterocycles. The molecule has 76 valence electrons. The molecule has 0 atom stereocenters. The lowest BCUT2D eigenvalue weighted by molar-refractivity contribution is 0.101. The predicted octanol–water partition coefficient (Wildman–Crippen LogP) is 0.319. The highest BCUT2D eigenvalue weighted by atomic mass is 16.1. The molecule has 0 N–H and O–H groups in total. The minimum atomic E-state index is -0.262. The van der Waals surface area contributed by atoms with Crippen molar-refractivity contribution in [2.75, 3.05) is 0 Å². The number of hydrogen-bond donors (Lipinski definition) is 0. The second-order valence-electron chi connectivity index (χ2n) is 2.82. The van der Waals surface area contributed by atoms with Crippen LogP contribution in [0.25, 0.3) is 0 Å². The minimum Gasteiger partial charge on any atom is -0.283 e. The van der Waals surface area contributed by atoms with Gasteiger partial charge in [0.05, 0.1) is 6.20 Å². The second kappa shape index (κ2) is 3.95. The zero-order valence-corrected chi connectivity index (χ0v) is 8.16. The van der Waals surface area contributed by atoms with E-state index in [2.05, 4.69) is 20.1 Å². The highest BCUT2D eigenvalue weighted by Gasteiger charge is 2.16. The Hall–Kier alpha value is -2.11. The van der Waals surface area contributed by atoms with Gasteiger partial charge in [-0.1, -0.05) is 0 Å². The summed E-state index contributed by atoms with van der Waals surface area (Å²) in [4.78, 5) is 23.5. The number of carbonyl (C=O) groups is 1. The predicted molar refractivity (Wildman–Crippen MR) is 51.2 cm³/mol. The van der Waals surface area contributed by atoms with Crippen molar-refractivity contribution in [3.8, 4) is 0 Å². The summed E-state index contributed by atoms with van der Waals surface area (Å²) in [6.45, 7) is 2.49. The largest absolute Gasteiger partial charge is 0.283 e. The maximum absolute atomic E-state index is 11.9. The fourth-order valence-electron chi connectivity index (χ4n) is 1.20. The summed E-state index contributed by atoms with van der Waals surface area (Å²) in [6.07, 6.45) is 5.76. The molecular formula is C9H9N5O. The van der Waals surface area contributed by atoms with Crippen LogP contribution in [0.4, 0.5) is 0 Å². The SMILES string of the molecule is CCn1ncnc1C(=O)c1cnccn1. The lowest BCUT2D eigenvalue weighted by Crippen LogP contribution is -2.13. The second-order valence-corrected chi connectivity index (χ2v) is 2.82. The topological polar surface area (TPSA) is 73.6 Å². The zero-order chi connectivity index (χ0) is 10.7. The van der Waals surface area contributed by atoms with E-state index in [0.29, 0.717) is 6.54 Å². The Morgan fingerprint density at radius 1 is 1.40 bits per heavy atom. The summed E-state index contributed by atoms with van der Waals surface area (Å²) >= 11 is 0. The monoisotopic (exact) mass is 203 g/mol. The van der Waals surface area contributed by atoms with Crippen molar-refractivity contribution in [1.82, 2.24) is 24.7 Å². The van der Waals surface area contributed by atoms with Crippen molar-refractivity contribution in [2.45, 2.75) is 13.5 Å². The van der Waals surface area contributed by atoms with Crippen LogP contribution in [0.2, 0.25) is 0 Å². The number of aromatic nitrogens is 5. The van der Waals surface area contributed by atoms with Crippen LogP contribution in [-0.4, -0.2) is 30.5 Å². The molecule has 2 aromatic heterocycles. The molecule has 6 nitrogen and oxygen atoms in total. The molecule has 15 heavy (non-hydrogen) atoms.